The minimum atomic E-state index is -0.180. The molecule has 3 aromatic heterocycles. The maximum absolute atomic E-state index is 12.0. The van der Waals surface area contributed by atoms with Gasteiger partial charge in [-0.3, -0.25) is 9.78 Å². The van der Waals surface area contributed by atoms with Gasteiger partial charge in [-0.25, -0.2) is 9.97 Å². The molecule has 152 valence electrons. The Hall–Kier alpha value is -3.23. The lowest BCUT2D eigenvalue weighted by Gasteiger charge is -2.23. The normalized spacial score (nSPS) is 14.7. The Balaban J connectivity index is 1.58. The number of carbonyl (C=O) groups excluding carboxylic acids is 1. The number of fused-ring (bicyclic) bond motifs is 1. The van der Waals surface area contributed by atoms with Crippen LogP contribution in [-0.2, 0) is 0 Å². The quantitative estimate of drug-likeness (QED) is 0.509. The number of imidazole rings is 1. The van der Waals surface area contributed by atoms with Crippen molar-refractivity contribution in [3.05, 3.63) is 29.8 Å². The van der Waals surface area contributed by atoms with Crippen LogP contribution in [0, 0.1) is 6.92 Å². The number of aromatic nitrogens is 5. The van der Waals surface area contributed by atoms with Gasteiger partial charge in [-0.05, 0) is 38.8 Å². The highest BCUT2D eigenvalue weighted by Crippen LogP contribution is 2.25. The lowest BCUT2D eigenvalue weighted by atomic mass is 9.95. The molecule has 9 heteroatoms. The lowest BCUT2D eigenvalue weighted by Crippen LogP contribution is -2.24. The highest BCUT2D eigenvalue weighted by molar-refractivity contribution is 5.92. The third kappa shape index (κ3) is 4.28. The number of aromatic amines is 2. The Morgan fingerprint density at radius 3 is 2.79 bits per heavy atom. The van der Waals surface area contributed by atoms with Crippen LogP contribution in [0.2, 0.25) is 0 Å². The average molecular weight is 395 g/mol. The van der Waals surface area contributed by atoms with Crippen LogP contribution in [0.1, 0.15) is 55.2 Å². The van der Waals surface area contributed by atoms with Crippen molar-refractivity contribution in [2.24, 2.45) is 0 Å². The molecule has 0 unspecified atom stereocenters. The van der Waals surface area contributed by atoms with Crippen molar-refractivity contribution in [2.45, 2.75) is 52.0 Å². The topological polar surface area (TPSA) is 122 Å². The maximum Gasteiger partial charge on any atom is 0.307 e. The zero-order valence-electron chi connectivity index (χ0n) is 16.8. The van der Waals surface area contributed by atoms with Gasteiger partial charge in [0.1, 0.15) is 5.69 Å². The summed E-state index contributed by atoms with van der Waals surface area (Å²) in [6.45, 7) is 4.30. The van der Waals surface area contributed by atoms with Gasteiger partial charge in [0.15, 0.2) is 12.1 Å². The summed E-state index contributed by atoms with van der Waals surface area (Å²) in [5.41, 5.74) is 3.45. The standard InChI is InChI=1S/C20H26N8O/c1-3-21-19(29)15-10-9-14(12(2)24-15)26-20-27-17-16(22-11-23-17)18(28-20)25-13-7-5-4-6-8-13/h9-11,13H,3-8H2,1-2H3,(H,21,29)(H3,22,23,25,26,27,28)/p+1. The van der Waals surface area contributed by atoms with Crippen LogP contribution in [0.5, 0.6) is 0 Å². The van der Waals surface area contributed by atoms with Crippen LogP contribution < -0.4 is 20.9 Å². The number of pyridine rings is 1. The van der Waals surface area contributed by atoms with Crippen molar-refractivity contribution < 1.29 is 9.78 Å². The molecular weight excluding hydrogens is 368 g/mol. The fraction of sp³-hybridized carbons (Fsp3) is 0.450. The van der Waals surface area contributed by atoms with E-state index in [1.54, 1.807) is 12.4 Å². The number of H-pyrrole nitrogens is 2. The van der Waals surface area contributed by atoms with E-state index in [1.807, 2.05) is 19.9 Å². The van der Waals surface area contributed by atoms with Crippen molar-refractivity contribution in [3.63, 3.8) is 0 Å². The van der Waals surface area contributed by atoms with Crippen molar-refractivity contribution in [1.82, 2.24) is 25.3 Å². The van der Waals surface area contributed by atoms with E-state index in [1.165, 1.54) is 19.3 Å². The third-order valence-electron chi connectivity index (χ3n) is 5.18. The first-order chi connectivity index (χ1) is 14.1. The predicted octanol–water partition coefficient (Wildman–Crippen LogP) is 2.71. The maximum atomic E-state index is 12.0. The van der Waals surface area contributed by atoms with Gasteiger partial charge in [-0.15, -0.1) is 0 Å². The molecule has 4 rings (SSSR count). The molecule has 1 fully saturated rings. The molecule has 0 spiro atoms. The molecule has 0 atom stereocenters. The highest BCUT2D eigenvalue weighted by atomic mass is 16.1. The summed E-state index contributed by atoms with van der Waals surface area (Å²) in [6.07, 6.45) is 7.86. The SMILES string of the molecule is CCNC(=O)c1ccc(Nc2nc(NC3CCCCC3)c3[nH]c[nH+]c3n2)c(C)n1. The number of nitrogens with zero attached hydrogens (tertiary/aromatic N) is 3. The van der Waals surface area contributed by atoms with Crippen LogP contribution in [0.4, 0.5) is 17.5 Å². The number of rotatable bonds is 6. The lowest BCUT2D eigenvalue weighted by molar-refractivity contribution is -0.347. The zero-order chi connectivity index (χ0) is 20.2. The van der Waals surface area contributed by atoms with Gasteiger partial charge in [0.05, 0.1) is 11.4 Å². The first kappa shape index (κ1) is 19.1. The Morgan fingerprint density at radius 1 is 1.21 bits per heavy atom. The number of nitrogens with one attached hydrogen (secondary N) is 5. The first-order valence-corrected chi connectivity index (χ1v) is 10.2. The van der Waals surface area contributed by atoms with Crippen molar-refractivity contribution >= 4 is 34.5 Å². The largest absolute Gasteiger partial charge is 0.364 e. The molecular formula is C20H27N8O+. The van der Waals surface area contributed by atoms with Gasteiger partial charge >= 0.3 is 11.6 Å². The zero-order valence-corrected chi connectivity index (χ0v) is 16.8. The smallest absolute Gasteiger partial charge is 0.307 e. The molecule has 29 heavy (non-hydrogen) atoms. The minimum Gasteiger partial charge on any atom is -0.364 e. The molecule has 9 nitrogen and oxygen atoms in total. The Labute approximate surface area is 169 Å². The summed E-state index contributed by atoms with van der Waals surface area (Å²) in [5.74, 6) is 1.08. The van der Waals surface area contributed by atoms with Gasteiger partial charge < -0.3 is 16.0 Å². The predicted molar refractivity (Wildman–Crippen MR) is 111 cm³/mol. The fourth-order valence-electron chi connectivity index (χ4n) is 3.67. The van der Waals surface area contributed by atoms with Crippen LogP contribution in [0.25, 0.3) is 11.2 Å². The molecule has 0 aliphatic heterocycles. The van der Waals surface area contributed by atoms with Crippen molar-refractivity contribution in [1.29, 1.82) is 0 Å². The average Bonchev–Trinajstić information content (AvgIpc) is 3.19. The number of amides is 1. The second kappa shape index (κ2) is 8.42. The molecule has 1 saturated carbocycles. The summed E-state index contributed by atoms with van der Waals surface area (Å²) in [7, 11) is 0. The van der Waals surface area contributed by atoms with Gasteiger partial charge in [0.25, 0.3) is 5.91 Å². The molecule has 1 aliphatic rings. The summed E-state index contributed by atoms with van der Waals surface area (Å²) in [5, 5.41) is 9.58. The Morgan fingerprint density at radius 2 is 2.03 bits per heavy atom. The number of anilines is 3. The fourth-order valence-corrected chi connectivity index (χ4v) is 3.67. The second-order valence-corrected chi connectivity index (χ2v) is 7.35. The van der Waals surface area contributed by atoms with E-state index in [4.69, 9.17) is 4.98 Å². The molecule has 0 saturated heterocycles. The summed E-state index contributed by atoms with van der Waals surface area (Å²) in [6, 6.07) is 3.95. The Kier molecular flexibility index (Phi) is 5.55. The molecule has 3 heterocycles. The van der Waals surface area contributed by atoms with Crippen LogP contribution in [0.3, 0.4) is 0 Å². The van der Waals surface area contributed by atoms with E-state index in [0.717, 1.165) is 35.5 Å². The van der Waals surface area contributed by atoms with Gasteiger partial charge in [-0.2, -0.15) is 4.98 Å². The van der Waals surface area contributed by atoms with E-state index in [0.29, 0.717) is 29.9 Å². The van der Waals surface area contributed by atoms with Crippen molar-refractivity contribution in [2.75, 3.05) is 17.2 Å². The minimum absolute atomic E-state index is 0.180. The summed E-state index contributed by atoms with van der Waals surface area (Å²) < 4.78 is 0. The van der Waals surface area contributed by atoms with Gasteiger partial charge in [-0.1, -0.05) is 24.2 Å². The number of hydrogen-bond acceptors (Lipinski definition) is 6. The van der Waals surface area contributed by atoms with E-state index in [-0.39, 0.29) is 5.91 Å². The molecule has 0 bridgehead atoms. The first-order valence-electron chi connectivity index (χ1n) is 10.2. The number of carbonyl (C=O) groups is 1. The van der Waals surface area contributed by atoms with Crippen molar-refractivity contribution in [3.8, 4) is 0 Å². The summed E-state index contributed by atoms with van der Waals surface area (Å²) in [4.78, 5) is 31.9. The van der Waals surface area contributed by atoms with E-state index in [9.17, 15) is 4.79 Å². The third-order valence-corrected chi connectivity index (χ3v) is 5.18. The van der Waals surface area contributed by atoms with Gasteiger partial charge in [0, 0.05) is 12.6 Å². The molecule has 5 N–H and O–H groups in total. The van der Waals surface area contributed by atoms with E-state index >= 15 is 0 Å². The molecule has 1 aliphatic carbocycles. The van der Waals surface area contributed by atoms with Crippen LogP contribution in [0.15, 0.2) is 18.5 Å². The molecule has 1 amide bonds. The van der Waals surface area contributed by atoms with Crippen LogP contribution >= 0.6 is 0 Å². The summed E-state index contributed by atoms with van der Waals surface area (Å²) >= 11 is 0. The highest BCUT2D eigenvalue weighted by Gasteiger charge is 2.21. The molecule has 3 aromatic rings. The number of hydrogen-bond donors (Lipinski definition) is 4. The van der Waals surface area contributed by atoms with E-state index < -0.39 is 0 Å². The second-order valence-electron chi connectivity index (χ2n) is 7.35. The number of aryl methyl sites for hydroxylation is 1. The molecule has 0 aromatic carbocycles. The van der Waals surface area contributed by atoms with Gasteiger partial charge in [0.2, 0.25) is 5.52 Å². The molecule has 0 radical (unpaired) electrons. The van der Waals surface area contributed by atoms with E-state index in [2.05, 4.69) is 35.9 Å². The Bertz CT molecular complexity index is 1010. The van der Waals surface area contributed by atoms with Crippen LogP contribution in [-0.4, -0.2) is 38.4 Å². The monoisotopic (exact) mass is 395 g/mol.